The van der Waals surface area contributed by atoms with Crippen LogP contribution in [0.15, 0.2) is 48.6 Å². The van der Waals surface area contributed by atoms with Gasteiger partial charge in [0.2, 0.25) is 0 Å². The number of ether oxygens (including phenoxy) is 1. The lowest BCUT2D eigenvalue weighted by atomic mass is 9.80. The summed E-state index contributed by atoms with van der Waals surface area (Å²) in [7, 11) is 2.15. The third-order valence-corrected chi connectivity index (χ3v) is 11.1. The van der Waals surface area contributed by atoms with E-state index in [2.05, 4.69) is 93.1 Å². The lowest BCUT2D eigenvalue weighted by molar-refractivity contribution is -0.141. The summed E-state index contributed by atoms with van der Waals surface area (Å²) in [4.78, 5) is 17.5. The molecule has 1 aliphatic heterocycles. The first-order valence-corrected chi connectivity index (χ1v) is 21.7. The standard InChI is InChI=1S/C47H76N2O3/c1-6-10-14-15-16-17-18-19-20-21-22-23-24-25-26-27-28-39(47(50)51)36-44-42-31-29-40(48(5)33-11-7-2)37-45(42)52-46-38-41(30-32-43(44)46)49(34-12-8-3)35-13-9-4/h26-27,29-32,37-39,44H,6-25,28,33-36H2,1-5H3,(H,50,51)/b27-26+. The summed E-state index contributed by atoms with van der Waals surface area (Å²) in [5.41, 5.74) is 4.55. The van der Waals surface area contributed by atoms with Crippen molar-refractivity contribution in [3.63, 3.8) is 0 Å². The molecule has 2 unspecified atom stereocenters. The third kappa shape index (κ3) is 15.2. The van der Waals surface area contributed by atoms with E-state index in [0.717, 1.165) is 92.9 Å². The van der Waals surface area contributed by atoms with Crippen molar-refractivity contribution >= 4 is 17.3 Å². The van der Waals surface area contributed by atoms with E-state index in [0.29, 0.717) is 12.8 Å². The zero-order valence-electron chi connectivity index (χ0n) is 34.1. The molecule has 0 saturated heterocycles. The van der Waals surface area contributed by atoms with E-state index in [9.17, 15) is 9.90 Å². The number of nitrogens with zero attached hydrogens (tertiary/aromatic N) is 2. The van der Waals surface area contributed by atoms with Crippen molar-refractivity contribution in [3.05, 3.63) is 59.7 Å². The van der Waals surface area contributed by atoms with Gasteiger partial charge in [-0.05, 0) is 57.1 Å². The molecule has 52 heavy (non-hydrogen) atoms. The van der Waals surface area contributed by atoms with Crippen molar-refractivity contribution < 1.29 is 14.6 Å². The zero-order chi connectivity index (χ0) is 37.4. The molecular weight excluding hydrogens is 641 g/mol. The average Bonchev–Trinajstić information content (AvgIpc) is 3.15. The van der Waals surface area contributed by atoms with Gasteiger partial charge >= 0.3 is 5.97 Å². The van der Waals surface area contributed by atoms with E-state index in [1.807, 2.05) is 0 Å². The lowest BCUT2D eigenvalue weighted by Crippen LogP contribution is -2.26. The van der Waals surface area contributed by atoms with Crippen molar-refractivity contribution in [2.45, 2.75) is 175 Å². The topological polar surface area (TPSA) is 53.0 Å². The quantitative estimate of drug-likeness (QED) is 0.0644. The fourth-order valence-corrected chi connectivity index (χ4v) is 7.61. The van der Waals surface area contributed by atoms with Crippen molar-refractivity contribution in [1.82, 2.24) is 0 Å². The van der Waals surface area contributed by atoms with Gasteiger partial charge in [-0.15, -0.1) is 0 Å². The number of aliphatic carboxylic acids is 1. The number of unbranched alkanes of at least 4 members (excludes halogenated alkanes) is 16. The van der Waals surface area contributed by atoms with Crippen molar-refractivity contribution in [1.29, 1.82) is 0 Å². The minimum absolute atomic E-state index is 0.0295. The maximum absolute atomic E-state index is 12.7. The molecule has 1 N–H and O–H groups in total. The van der Waals surface area contributed by atoms with Gasteiger partial charge in [0.15, 0.2) is 0 Å². The Morgan fingerprint density at radius 3 is 1.67 bits per heavy atom. The van der Waals surface area contributed by atoms with Crippen LogP contribution in [0.1, 0.15) is 186 Å². The third-order valence-electron chi connectivity index (χ3n) is 11.1. The first-order chi connectivity index (χ1) is 25.4. The lowest BCUT2D eigenvalue weighted by Gasteiger charge is -2.33. The van der Waals surface area contributed by atoms with Gasteiger partial charge in [-0.25, -0.2) is 0 Å². The summed E-state index contributed by atoms with van der Waals surface area (Å²) in [6.45, 7) is 12.1. The Balaban J connectivity index is 1.63. The predicted molar refractivity (Wildman–Crippen MR) is 225 cm³/mol. The van der Waals surface area contributed by atoms with Gasteiger partial charge in [0.05, 0.1) is 5.92 Å². The molecule has 0 amide bonds. The monoisotopic (exact) mass is 717 g/mol. The Labute approximate surface area is 319 Å². The number of hydrogen-bond acceptors (Lipinski definition) is 4. The van der Waals surface area contributed by atoms with Crippen LogP contribution in [0, 0.1) is 5.92 Å². The number of fused-ring (bicyclic) bond motifs is 2. The molecule has 0 saturated carbocycles. The first-order valence-electron chi connectivity index (χ1n) is 21.7. The molecule has 5 heteroatoms. The Kier molecular flexibility index (Phi) is 21.7. The largest absolute Gasteiger partial charge is 0.481 e. The molecule has 0 aromatic heterocycles. The number of carbonyl (C=O) groups is 1. The molecule has 0 fully saturated rings. The summed E-state index contributed by atoms with van der Waals surface area (Å²) >= 11 is 0. The van der Waals surface area contributed by atoms with E-state index in [1.165, 1.54) is 89.2 Å². The minimum Gasteiger partial charge on any atom is -0.481 e. The molecule has 292 valence electrons. The highest BCUT2D eigenvalue weighted by molar-refractivity contribution is 5.71. The van der Waals surface area contributed by atoms with Crippen LogP contribution in [0.25, 0.3) is 0 Å². The Morgan fingerprint density at radius 2 is 1.13 bits per heavy atom. The summed E-state index contributed by atoms with van der Waals surface area (Å²) in [5.74, 6) is 0.551. The fraction of sp³-hybridized carbons (Fsp3) is 0.681. The normalized spacial score (nSPS) is 14.2. The van der Waals surface area contributed by atoms with Crippen LogP contribution >= 0.6 is 0 Å². The smallest absolute Gasteiger partial charge is 0.306 e. The number of rotatable bonds is 30. The van der Waals surface area contributed by atoms with Crippen LogP contribution in [0.2, 0.25) is 0 Å². The molecule has 0 aliphatic carbocycles. The van der Waals surface area contributed by atoms with Gasteiger partial charge in [0.25, 0.3) is 0 Å². The van der Waals surface area contributed by atoms with Crippen molar-refractivity contribution in [3.8, 4) is 11.5 Å². The van der Waals surface area contributed by atoms with Gasteiger partial charge < -0.3 is 19.6 Å². The van der Waals surface area contributed by atoms with Crippen LogP contribution in [0.3, 0.4) is 0 Å². The molecule has 0 radical (unpaired) electrons. The molecule has 2 atom stereocenters. The Bertz CT molecular complexity index is 1280. The summed E-state index contributed by atoms with van der Waals surface area (Å²) in [6, 6.07) is 13.2. The second-order valence-electron chi connectivity index (χ2n) is 15.6. The van der Waals surface area contributed by atoms with Crippen LogP contribution in [-0.2, 0) is 4.79 Å². The fourth-order valence-electron chi connectivity index (χ4n) is 7.61. The zero-order valence-corrected chi connectivity index (χ0v) is 34.1. The molecular formula is C47H76N2O3. The highest BCUT2D eigenvalue weighted by Crippen LogP contribution is 2.49. The molecule has 2 aromatic carbocycles. The highest BCUT2D eigenvalue weighted by Gasteiger charge is 2.32. The SMILES string of the molecule is CCCCCCCCCCCCCCC/C=C/CC(CC1c2ccc(N(C)CCCC)cc2Oc2cc(N(CCCC)CCCC)ccc21)C(=O)O. The summed E-state index contributed by atoms with van der Waals surface area (Å²) in [6.07, 6.45) is 31.1. The maximum atomic E-state index is 12.7. The number of anilines is 2. The highest BCUT2D eigenvalue weighted by atomic mass is 16.5. The number of carboxylic acids is 1. The van der Waals surface area contributed by atoms with Crippen LogP contribution in [0.5, 0.6) is 11.5 Å². The molecule has 0 spiro atoms. The van der Waals surface area contributed by atoms with Crippen LogP contribution < -0.4 is 14.5 Å². The van der Waals surface area contributed by atoms with Gasteiger partial charge in [0.1, 0.15) is 11.5 Å². The summed E-state index contributed by atoms with van der Waals surface area (Å²) < 4.78 is 6.72. The maximum Gasteiger partial charge on any atom is 0.306 e. The second-order valence-corrected chi connectivity index (χ2v) is 15.6. The Morgan fingerprint density at radius 1 is 0.654 bits per heavy atom. The molecule has 0 bridgehead atoms. The minimum atomic E-state index is -0.710. The average molecular weight is 717 g/mol. The number of hydrogen-bond donors (Lipinski definition) is 1. The first kappa shape index (κ1) is 43.5. The van der Waals surface area contributed by atoms with Crippen LogP contribution in [0.4, 0.5) is 11.4 Å². The summed E-state index contributed by atoms with van der Waals surface area (Å²) in [5, 5.41) is 10.4. The molecule has 3 rings (SSSR count). The number of carboxylic acid groups (broad SMARTS) is 1. The molecule has 1 aliphatic rings. The van der Waals surface area contributed by atoms with Gasteiger partial charge in [0, 0.05) is 67.2 Å². The van der Waals surface area contributed by atoms with E-state index < -0.39 is 11.9 Å². The second kappa shape index (κ2) is 25.9. The molecule has 1 heterocycles. The number of allylic oxidation sites excluding steroid dienone is 2. The van der Waals surface area contributed by atoms with Crippen molar-refractivity contribution in [2.24, 2.45) is 5.92 Å². The van der Waals surface area contributed by atoms with Gasteiger partial charge in [-0.3, -0.25) is 4.79 Å². The predicted octanol–water partition coefficient (Wildman–Crippen LogP) is 14.1. The number of benzene rings is 2. The van der Waals surface area contributed by atoms with Crippen molar-refractivity contribution in [2.75, 3.05) is 36.5 Å². The van der Waals surface area contributed by atoms with E-state index in [1.54, 1.807) is 0 Å². The van der Waals surface area contributed by atoms with E-state index in [4.69, 9.17) is 4.74 Å². The Hall–Kier alpha value is -2.95. The molecule has 5 nitrogen and oxygen atoms in total. The van der Waals surface area contributed by atoms with Gasteiger partial charge in [-0.1, -0.05) is 148 Å². The van der Waals surface area contributed by atoms with Crippen LogP contribution in [-0.4, -0.2) is 37.8 Å². The van der Waals surface area contributed by atoms with E-state index in [-0.39, 0.29) is 5.92 Å². The van der Waals surface area contributed by atoms with E-state index >= 15 is 0 Å². The van der Waals surface area contributed by atoms with Gasteiger partial charge in [-0.2, -0.15) is 0 Å². The molecule has 2 aromatic rings.